The number of morpholine rings is 1. The number of nitrogens with one attached hydrogen (secondary N) is 2. The SMILES string of the molecule is CCNC(=NCC(C1CC1)C1CC1)NCC(c1ccc(OC)c(OC)c1)N1CCOCC1. The molecule has 3 fully saturated rings. The van der Waals surface area contributed by atoms with Gasteiger partial charge in [0.25, 0.3) is 0 Å². The van der Waals surface area contributed by atoms with Gasteiger partial charge in [0.15, 0.2) is 17.5 Å². The fraction of sp³-hybridized carbons (Fsp3) is 0.720. The maximum Gasteiger partial charge on any atom is 0.191 e. The Balaban J connectivity index is 1.47. The Kier molecular flexibility index (Phi) is 8.14. The Morgan fingerprint density at radius 2 is 1.75 bits per heavy atom. The minimum atomic E-state index is 0.199. The lowest BCUT2D eigenvalue weighted by atomic mass is 9.98. The van der Waals surface area contributed by atoms with Crippen LogP contribution in [0.25, 0.3) is 0 Å². The smallest absolute Gasteiger partial charge is 0.191 e. The van der Waals surface area contributed by atoms with Crippen molar-refractivity contribution in [2.75, 3.05) is 60.2 Å². The summed E-state index contributed by atoms with van der Waals surface area (Å²) in [5, 5.41) is 7.10. The molecular weight excluding hydrogens is 404 g/mol. The molecule has 2 saturated carbocycles. The third-order valence-corrected chi connectivity index (χ3v) is 7.00. The zero-order chi connectivity index (χ0) is 22.3. The Morgan fingerprint density at radius 1 is 1.06 bits per heavy atom. The average molecular weight is 445 g/mol. The second kappa shape index (κ2) is 11.2. The van der Waals surface area contributed by atoms with Gasteiger partial charge in [-0.25, -0.2) is 0 Å². The number of hydrogen-bond donors (Lipinski definition) is 2. The molecule has 3 aliphatic rings. The lowest BCUT2D eigenvalue weighted by Crippen LogP contribution is -2.46. The van der Waals surface area contributed by atoms with E-state index < -0.39 is 0 Å². The predicted molar refractivity (Wildman–Crippen MR) is 128 cm³/mol. The molecule has 0 radical (unpaired) electrons. The van der Waals surface area contributed by atoms with Gasteiger partial charge in [0.1, 0.15) is 0 Å². The van der Waals surface area contributed by atoms with Gasteiger partial charge in [0.05, 0.1) is 33.5 Å². The first kappa shape index (κ1) is 23.2. The number of guanidine groups is 1. The summed E-state index contributed by atoms with van der Waals surface area (Å²) >= 11 is 0. The van der Waals surface area contributed by atoms with Crippen molar-refractivity contribution in [3.8, 4) is 11.5 Å². The molecule has 7 nitrogen and oxygen atoms in total. The van der Waals surface area contributed by atoms with Crippen LogP contribution in [-0.4, -0.2) is 71.0 Å². The van der Waals surface area contributed by atoms with Crippen molar-refractivity contribution in [2.45, 2.75) is 38.6 Å². The zero-order valence-electron chi connectivity index (χ0n) is 19.9. The maximum atomic E-state index is 5.61. The molecule has 4 rings (SSSR count). The Labute approximate surface area is 192 Å². The van der Waals surface area contributed by atoms with Gasteiger partial charge in [0, 0.05) is 32.7 Å². The minimum Gasteiger partial charge on any atom is -0.493 e. The summed E-state index contributed by atoms with van der Waals surface area (Å²) in [6, 6.07) is 6.44. The number of benzene rings is 1. The zero-order valence-corrected chi connectivity index (χ0v) is 19.9. The Hall–Kier alpha value is -1.99. The van der Waals surface area contributed by atoms with Crippen LogP contribution in [0.5, 0.6) is 11.5 Å². The first-order valence-electron chi connectivity index (χ1n) is 12.3. The fourth-order valence-electron chi connectivity index (χ4n) is 4.87. The summed E-state index contributed by atoms with van der Waals surface area (Å²) in [6.45, 7) is 8.08. The highest BCUT2D eigenvalue weighted by Gasteiger charge is 2.41. The molecule has 1 aliphatic heterocycles. The van der Waals surface area contributed by atoms with E-state index in [0.717, 1.165) is 81.1 Å². The summed E-state index contributed by atoms with van der Waals surface area (Å²) in [5.41, 5.74) is 1.21. The lowest BCUT2D eigenvalue weighted by Gasteiger charge is -2.35. The second-order valence-electron chi connectivity index (χ2n) is 9.22. The number of methoxy groups -OCH3 is 2. The fourth-order valence-corrected chi connectivity index (χ4v) is 4.87. The minimum absolute atomic E-state index is 0.199. The first-order valence-corrected chi connectivity index (χ1v) is 12.3. The van der Waals surface area contributed by atoms with Gasteiger partial charge in [-0.15, -0.1) is 0 Å². The highest BCUT2D eigenvalue weighted by atomic mass is 16.5. The third kappa shape index (κ3) is 6.07. The molecule has 32 heavy (non-hydrogen) atoms. The molecule has 178 valence electrons. The lowest BCUT2D eigenvalue weighted by molar-refractivity contribution is 0.0169. The standard InChI is InChI=1S/C25H40N4O3/c1-4-26-25(27-16-21(18-5-6-18)19-7-8-19)28-17-22(29-11-13-32-14-12-29)20-9-10-23(30-2)24(15-20)31-3/h9-10,15,18-19,21-22H,4-8,11-14,16-17H2,1-3H3,(H2,26,27,28). The molecule has 0 bridgehead atoms. The monoisotopic (exact) mass is 444 g/mol. The summed E-state index contributed by atoms with van der Waals surface area (Å²) in [6.07, 6.45) is 5.61. The summed E-state index contributed by atoms with van der Waals surface area (Å²) in [4.78, 5) is 7.50. The van der Waals surface area contributed by atoms with Gasteiger partial charge < -0.3 is 24.8 Å². The van der Waals surface area contributed by atoms with Gasteiger partial charge in [-0.1, -0.05) is 6.07 Å². The predicted octanol–water partition coefficient (Wildman–Crippen LogP) is 3.07. The third-order valence-electron chi connectivity index (χ3n) is 7.00. The van der Waals surface area contributed by atoms with Gasteiger partial charge in [-0.2, -0.15) is 0 Å². The molecule has 2 N–H and O–H groups in total. The van der Waals surface area contributed by atoms with Crippen LogP contribution in [0.3, 0.4) is 0 Å². The average Bonchev–Trinajstić information content (AvgIpc) is 3.75. The van der Waals surface area contributed by atoms with Crippen molar-refractivity contribution < 1.29 is 14.2 Å². The summed E-state index contributed by atoms with van der Waals surface area (Å²) in [5.74, 6) is 5.07. The highest BCUT2D eigenvalue weighted by Crippen LogP contribution is 2.49. The molecular formula is C25H40N4O3. The Bertz CT molecular complexity index is 746. The van der Waals surface area contributed by atoms with Crippen LogP contribution in [0, 0.1) is 17.8 Å². The molecule has 1 heterocycles. The van der Waals surface area contributed by atoms with E-state index in [1.54, 1.807) is 14.2 Å². The number of rotatable bonds is 11. The van der Waals surface area contributed by atoms with Gasteiger partial charge >= 0.3 is 0 Å². The van der Waals surface area contributed by atoms with Gasteiger partial charge in [-0.05, 0) is 68.1 Å². The Morgan fingerprint density at radius 3 is 2.34 bits per heavy atom. The molecule has 0 aromatic heterocycles. The summed E-state index contributed by atoms with van der Waals surface area (Å²) < 4.78 is 16.6. The molecule has 2 aliphatic carbocycles. The van der Waals surface area contributed by atoms with Crippen LogP contribution < -0.4 is 20.1 Å². The molecule has 1 atom stereocenters. The van der Waals surface area contributed by atoms with Crippen molar-refractivity contribution in [3.63, 3.8) is 0 Å². The van der Waals surface area contributed by atoms with E-state index in [2.05, 4.69) is 34.6 Å². The van der Waals surface area contributed by atoms with Crippen molar-refractivity contribution >= 4 is 5.96 Å². The van der Waals surface area contributed by atoms with Gasteiger partial charge in [-0.3, -0.25) is 9.89 Å². The number of aliphatic imine (C=N–C) groups is 1. The molecule has 7 heteroatoms. The normalized spacial score (nSPS) is 20.8. The molecule has 1 saturated heterocycles. The van der Waals surface area contributed by atoms with E-state index in [9.17, 15) is 0 Å². The van der Waals surface area contributed by atoms with Crippen LogP contribution in [0.1, 0.15) is 44.2 Å². The summed E-state index contributed by atoms with van der Waals surface area (Å²) in [7, 11) is 3.37. The van der Waals surface area contributed by atoms with Crippen molar-refractivity contribution in [3.05, 3.63) is 23.8 Å². The number of ether oxygens (including phenoxy) is 3. The highest BCUT2D eigenvalue weighted by molar-refractivity contribution is 5.79. The largest absolute Gasteiger partial charge is 0.493 e. The number of hydrogen-bond acceptors (Lipinski definition) is 5. The number of nitrogens with zero attached hydrogens (tertiary/aromatic N) is 2. The van der Waals surface area contributed by atoms with E-state index >= 15 is 0 Å². The quantitative estimate of drug-likeness (QED) is 0.404. The van der Waals surface area contributed by atoms with E-state index in [0.29, 0.717) is 0 Å². The van der Waals surface area contributed by atoms with E-state index in [1.165, 1.54) is 31.2 Å². The first-order chi connectivity index (χ1) is 15.7. The molecule has 1 aromatic rings. The topological polar surface area (TPSA) is 67.4 Å². The molecule has 0 amide bonds. The van der Waals surface area contributed by atoms with Gasteiger partial charge in [0.2, 0.25) is 0 Å². The molecule has 1 aromatic carbocycles. The van der Waals surface area contributed by atoms with E-state index in [4.69, 9.17) is 19.2 Å². The van der Waals surface area contributed by atoms with Crippen LogP contribution >= 0.6 is 0 Å². The van der Waals surface area contributed by atoms with Crippen LogP contribution in [0.2, 0.25) is 0 Å². The molecule has 1 unspecified atom stereocenters. The van der Waals surface area contributed by atoms with Crippen molar-refractivity contribution in [2.24, 2.45) is 22.7 Å². The second-order valence-corrected chi connectivity index (χ2v) is 9.22. The van der Waals surface area contributed by atoms with Crippen molar-refractivity contribution in [1.82, 2.24) is 15.5 Å². The molecule has 0 spiro atoms. The van der Waals surface area contributed by atoms with Crippen LogP contribution in [-0.2, 0) is 4.74 Å². The van der Waals surface area contributed by atoms with E-state index in [1.807, 2.05) is 6.07 Å². The van der Waals surface area contributed by atoms with Crippen molar-refractivity contribution in [1.29, 1.82) is 0 Å². The van der Waals surface area contributed by atoms with Crippen LogP contribution in [0.15, 0.2) is 23.2 Å². The van der Waals surface area contributed by atoms with E-state index in [-0.39, 0.29) is 6.04 Å². The maximum absolute atomic E-state index is 5.61. The van der Waals surface area contributed by atoms with Crippen LogP contribution in [0.4, 0.5) is 0 Å².